The molecule has 15 atom stereocenters. The van der Waals surface area contributed by atoms with Crippen molar-refractivity contribution in [3.63, 3.8) is 0 Å². The number of fused-ring (bicyclic) bond motifs is 12. The molecular formula is C121H156F2N12O6. The predicted octanol–water partition coefficient (Wildman–Crippen LogP) is 26.1. The number of carbonyl (C=O) groups is 6. The molecule has 12 aliphatic rings. The molecular weight excluding hydrogens is 1760 g/mol. The van der Waals surface area contributed by atoms with Crippen LogP contribution in [0, 0.1) is 59.0 Å². The first-order valence-corrected chi connectivity index (χ1v) is 55.4. The van der Waals surface area contributed by atoms with Gasteiger partial charge >= 0.3 is 0 Å². The Hall–Kier alpha value is -10.8. The number of nitrogens with one attached hydrogen (secondary N) is 6. The summed E-state index contributed by atoms with van der Waals surface area (Å²) in [5, 5.41) is 7.08. The lowest BCUT2D eigenvalue weighted by Gasteiger charge is -2.47. The molecule has 6 aliphatic heterocycles. The van der Waals surface area contributed by atoms with Gasteiger partial charge in [0.2, 0.25) is 35.4 Å². The van der Waals surface area contributed by atoms with Gasteiger partial charge in [-0.15, -0.1) is 0 Å². The van der Waals surface area contributed by atoms with Gasteiger partial charge in [0.1, 0.15) is 11.6 Å². The van der Waals surface area contributed by atoms with E-state index < -0.39 is 0 Å². The van der Waals surface area contributed by atoms with E-state index in [0.29, 0.717) is 135 Å². The van der Waals surface area contributed by atoms with Gasteiger partial charge in [0.05, 0.1) is 0 Å². The van der Waals surface area contributed by atoms with Gasteiger partial charge in [0.15, 0.2) is 0 Å². The van der Waals surface area contributed by atoms with E-state index in [4.69, 9.17) is 0 Å². The quantitative estimate of drug-likeness (QED) is 0.0491. The third kappa shape index (κ3) is 23.5. The molecule has 18 nitrogen and oxygen atoms in total. The maximum Gasteiger partial charge on any atom is 0.223 e. The molecule has 750 valence electrons. The summed E-state index contributed by atoms with van der Waals surface area (Å²) in [4.78, 5) is 110. The smallest absolute Gasteiger partial charge is 0.223 e. The third-order valence-electron chi connectivity index (χ3n) is 35.7. The highest BCUT2D eigenvalue weighted by Gasteiger charge is 2.45. The number of H-pyrrole nitrogens is 6. The molecule has 12 fully saturated rings. The number of carbonyl (C=O) groups excluding carboxylic acids is 6. The number of piperidine rings is 4. The van der Waals surface area contributed by atoms with Crippen LogP contribution in [0.15, 0.2) is 171 Å². The van der Waals surface area contributed by atoms with Gasteiger partial charge in [-0.3, -0.25) is 28.8 Å². The molecule has 6 saturated carbocycles. The van der Waals surface area contributed by atoms with E-state index >= 15 is 0 Å². The molecule has 6 N–H and O–H groups in total. The lowest BCUT2D eigenvalue weighted by molar-refractivity contribution is -0.142. The number of aromatic amines is 6. The largest absolute Gasteiger partial charge is 0.361 e. The zero-order valence-corrected chi connectivity index (χ0v) is 84.4. The molecule has 12 heterocycles. The minimum Gasteiger partial charge on any atom is -0.361 e. The van der Waals surface area contributed by atoms with E-state index in [1.165, 1.54) is 277 Å². The van der Waals surface area contributed by atoms with E-state index in [1.807, 2.05) is 42.7 Å². The zero-order chi connectivity index (χ0) is 96.8. The van der Waals surface area contributed by atoms with Gasteiger partial charge in [0, 0.05) is 216 Å². The highest BCUT2D eigenvalue weighted by molar-refractivity contribution is 5.90. The number of hydrogen-bond donors (Lipinski definition) is 6. The molecule has 20 heteroatoms. The first-order chi connectivity index (χ1) is 68.9. The first kappa shape index (κ1) is 99.0. The van der Waals surface area contributed by atoms with E-state index in [1.54, 1.807) is 6.07 Å². The molecule has 6 amide bonds. The van der Waals surface area contributed by atoms with Crippen molar-refractivity contribution in [1.29, 1.82) is 0 Å². The molecule has 6 aromatic carbocycles. The fraction of sp³-hybridized carbons (Fsp3) is 0.554. The minimum atomic E-state index is -0.234. The SMILES string of the molecule is CC1CC2CCCCC2N(C(=O)CCc2c[nH]c3ccccc23)C1.CC1CCC2CCCCC2N1C(=O)CCc1c[nH]c2cc(F)ccc12.CC1CCC2CCCCC2N1C(=O)CCc1c[nH]c2ccccc12.O=C(CCc1c[nH]c2cc(F)ccc12)N1CCCC2CCCCC21.O=C(CCc1c[nH]c2ccccc12)N1CC2CCCCC2C1.O=C(CCc1c[nH]c2ccccc12)N1CCC2CCCCC21. The Morgan fingerprint density at radius 3 is 0.957 bits per heavy atom. The summed E-state index contributed by atoms with van der Waals surface area (Å²) in [7, 11) is 0. The summed E-state index contributed by atoms with van der Waals surface area (Å²) >= 11 is 0. The summed E-state index contributed by atoms with van der Waals surface area (Å²) in [6, 6.07) is 46.3. The molecule has 24 rings (SSSR count). The standard InChI is InChI=1S/C21H27FN2O.2C21H28N2O.C20H25FN2O.2C19H24N2O/c1-14-6-7-15-4-2-3-5-20(15)24(14)21(25)11-8-16-13-23-19-12-17(22)9-10-18(16)19;1-15-12-16-6-2-5-9-20(16)23(14-15)21(24)11-10-17-13-22-19-8-4-3-7-18(17)19;1-15-10-11-16-6-2-5-9-20(16)23(15)21(24)13-12-17-14-22-19-8-4-3-7-18(17)19;21-16-8-9-17-15(13-22-18(17)12-16)7-10-20(24)23-11-3-5-14-4-1-2-6-19(14)23;22-19(21-12-11-14-5-1-4-8-18(14)21)10-9-15-13-20-17-7-3-2-6-16(15)17;22-19(21-12-15-5-1-2-6-16(15)13-21)10-9-14-11-20-18-8-4-3-7-17(14)18/h9-10,12-15,20,23H,2-8,11H2,1H3;3-4,7-8,13,15-16,20,22H,2,5-6,9-12,14H2,1H3;3-4,7-8,14-16,20,22H,2,5-6,9-13H2,1H3;8-9,12-14,19,22H,1-7,10-11H2;2-3,6-7,13-14,18,20H,1,4-5,8-12H2;3-4,7-8,11,15-16,20H,1-2,5-6,9-10,12-13H2. The molecule has 6 saturated heterocycles. The number of benzene rings is 6. The summed E-state index contributed by atoms with van der Waals surface area (Å²) in [5.74, 6) is 7.51. The van der Waals surface area contributed by atoms with Crippen molar-refractivity contribution >= 4 is 101 Å². The Morgan fingerprint density at radius 2 is 0.560 bits per heavy atom. The van der Waals surface area contributed by atoms with Crippen molar-refractivity contribution in [2.45, 2.75) is 346 Å². The second-order valence-electron chi connectivity index (χ2n) is 44.6. The number of nitrogens with zero attached hydrogens (tertiary/aromatic N) is 6. The Labute approximate surface area is 834 Å². The molecule has 15 unspecified atom stereocenters. The normalized spacial score (nSPS) is 25.8. The summed E-state index contributed by atoms with van der Waals surface area (Å²) in [5.41, 5.74) is 13.6. The third-order valence-corrected chi connectivity index (χ3v) is 35.7. The Kier molecular flexibility index (Phi) is 32.8. The summed E-state index contributed by atoms with van der Waals surface area (Å²) in [6.07, 6.45) is 61.5. The van der Waals surface area contributed by atoms with Crippen molar-refractivity contribution in [2.75, 3.05) is 32.7 Å². The number of aromatic nitrogens is 6. The number of likely N-dealkylation sites (tertiary alicyclic amines) is 6. The van der Waals surface area contributed by atoms with Crippen LogP contribution in [0.4, 0.5) is 8.78 Å². The van der Waals surface area contributed by atoms with Gasteiger partial charge in [-0.05, 0) is 322 Å². The fourth-order valence-electron chi connectivity index (χ4n) is 28.3. The second kappa shape index (κ2) is 46.7. The Balaban J connectivity index is 0.000000108. The van der Waals surface area contributed by atoms with Gasteiger partial charge in [0.25, 0.3) is 0 Å². The topological polar surface area (TPSA) is 217 Å². The van der Waals surface area contributed by atoms with Gasteiger partial charge in [-0.25, -0.2) is 8.78 Å². The number of hydrogen-bond acceptors (Lipinski definition) is 6. The lowest BCUT2D eigenvalue weighted by Crippen LogP contribution is -2.53. The number of halogens is 2. The molecule has 12 aromatic rings. The molecule has 0 bridgehead atoms. The van der Waals surface area contributed by atoms with Gasteiger partial charge < -0.3 is 59.3 Å². The molecule has 6 aliphatic carbocycles. The van der Waals surface area contributed by atoms with Crippen molar-refractivity contribution in [2.24, 2.45) is 47.3 Å². The van der Waals surface area contributed by atoms with Crippen molar-refractivity contribution in [1.82, 2.24) is 59.3 Å². The lowest BCUT2D eigenvalue weighted by atomic mass is 9.75. The van der Waals surface area contributed by atoms with Crippen LogP contribution in [-0.2, 0) is 67.3 Å². The predicted molar refractivity (Wildman–Crippen MR) is 564 cm³/mol. The van der Waals surface area contributed by atoms with Gasteiger partial charge in [-0.2, -0.15) is 0 Å². The van der Waals surface area contributed by atoms with E-state index in [2.05, 4.69) is 178 Å². The molecule has 6 aromatic heterocycles. The van der Waals surface area contributed by atoms with Crippen molar-refractivity contribution in [3.8, 4) is 0 Å². The maximum absolute atomic E-state index is 13.3. The molecule has 0 spiro atoms. The highest BCUT2D eigenvalue weighted by Crippen LogP contribution is 2.45. The Bertz CT molecular complexity index is 6190. The van der Waals surface area contributed by atoms with Crippen molar-refractivity contribution < 1.29 is 37.5 Å². The molecule has 0 radical (unpaired) electrons. The number of aryl methyl sites for hydroxylation is 6. The van der Waals surface area contributed by atoms with Crippen LogP contribution in [0.25, 0.3) is 65.4 Å². The van der Waals surface area contributed by atoms with Crippen molar-refractivity contribution in [3.05, 3.63) is 216 Å². The van der Waals surface area contributed by atoms with Crippen LogP contribution >= 0.6 is 0 Å². The highest BCUT2D eigenvalue weighted by atomic mass is 19.1. The number of rotatable bonds is 18. The minimum absolute atomic E-state index is 0.233. The van der Waals surface area contributed by atoms with Gasteiger partial charge in [-0.1, -0.05) is 157 Å². The maximum atomic E-state index is 13.3. The van der Waals surface area contributed by atoms with Crippen LogP contribution in [0.1, 0.15) is 298 Å². The first-order valence-electron chi connectivity index (χ1n) is 55.4. The average Bonchev–Trinajstić information content (AvgIpc) is 1.69. The average molecular weight is 1910 g/mol. The summed E-state index contributed by atoms with van der Waals surface area (Å²) < 4.78 is 26.6. The van der Waals surface area contributed by atoms with E-state index in [-0.39, 0.29) is 11.6 Å². The van der Waals surface area contributed by atoms with Crippen LogP contribution < -0.4 is 0 Å². The van der Waals surface area contributed by atoms with Crippen LogP contribution in [0.5, 0.6) is 0 Å². The second-order valence-corrected chi connectivity index (χ2v) is 44.6. The van der Waals surface area contributed by atoms with Crippen LogP contribution in [0.2, 0.25) is 0 Å². The van der Waals surface area contributed by atoms with E-state index in [0.717, 1.165) is 152 Å². The van der Waals surface area contributed by atoms with E-state index in [9.17, 15) is 37.5 Å². The Morgan fingerprint density at radius 1 is 0.270 bits per heavy atom. The monoisotopic (exact) mass is 1910 g/mol. The number of amides is 6. The zero-order valence-electron chi connectivity index (χ0n) is 84.4. The summed E-state index contributed by atoms with van der Waals surface area (Å²) in [6.45, 7) is 11.7. The molecule has 141 heavy (non-hydrogen) atoms. The van der Waals surface area contributed by atoms with Crippen LogP contribution in [0.3, 0.4) is 0 Å². The number of para-hydroxylation sites is 4. The fourth-order valence-corrected chi connectivity index (χ4v) is 28.3. The van der Waals surface area contributed by atoms with Crippen LogP contribution in [-0.4, -0.2) is 170 Å².